The first-order valence-electron chi connectivity index (χ1n) is 6.21. The Morgan fingerprint density at radius 2 is 2.17 bits per heavy atom. The molecule has 1 aromatic heterocycles. The number of aromatic nitrogens is 1. The number of halogens is 2. The number of nitrogens with zero attached hydrogens (tertiary/aromatic N) is 2. The molecule has 0 aromatic carbocycles. The number of hydrogen-bond acceptors (Lipinski definition) is 2. The van der Waals surface area contributed by atoms with Crippen molar-refractivity contribution in [3.8, 4) is 0 Å². The van der Waals surface area contributed by atoms with Gasteiger partial charge in [0.15, 0.2) is 0 Å². The van der Waals surface area contributed by atoms with E-state index < -0.39 is 0 Å². The van der Waals surface area contributed by atoms with E-state index in [1.807, 2.05) is 4.90 Å². The molecule has 0 bridgehead atoms. The summed E-state index contributed by atoms with van der Waals surface area (Å²) in [5.74, 6) is -0.00420. The van der Waals surface area contributed by atoms with Crippen LogP contribution in [0.3, 0.4) is 0 Å². The Morgan fingerprint density at radius 3 is 2.89 bits per heavy atom. The molecule has 2 heterocycles. The number of carbonyl (C=O) groups excluding carboxylic acids is 1. The fourth-order valence-electron chi connectivity index (χ4n) is 2.28. The van der Waals surface area contributed by atoms with Crippen LogP contribution in [-0.4, -0.2) is 28.4 Å². The van der Waals surface area contributed by atoms with Crippen LogP contribution in [0.15, 0.2) is 12.3 Å². The van der Waals surface area contributed by atoms with Gasteiger partial charge in [-0.15, -0.1) is 0 Å². The lowest BCUT2D eigenvalue weighted by Crippen LogP contribution is -2.38. The van der Waals surface area contributed by atoms with E-state index >= 15 is 0 Å². The Kier molecular flexibility index (Phi) is 4.46. The maximum Gasteiger partial charge on any atom is 0.255 e. The van der Waals surface area contributed by atoms with Crippen molar-refractivity contribution in [3.63, 3.8) is 0 Å². The normalized spacial score (nSPS) is 20.6. The molecule has 0 spiro atoms. The number of pyridine rings is 1. The molecule has 1 atom stereocenters. The van der Waals surface area contributed by atoms with Crippen LogP contribution in [0, 0.1) is 0 Å². The van der Waals surface area contributed by atoms with Gasteiger partial charge in [-0.25, -0.2) is 4.98 Å². The van der Waals surface area contributed by atoms with E-state index in [1.54, 1.807) is 6.07 Å². The standard InChI is InChI=1S/C13H16Cl2N2O/c1-9-5-3-2-4-6-17(9)13(18)10-7-11(14)12(15)16-8-10/h7-9H,2-6H2,1H3. The highest BCUT2D eigenvalue weighted by molar-refractivity contribution is 6.41. The Labute approximate surface area is 117 Å². The van der Waals surface area contributed by atoms with Crippen molar-refractivity contribution >= 4 is 29.1 Å². The van der Waals surface area contributed by atoms with Gasteiger partial charge in [-0.05, 0) is 25.8 Å². The average molecular weight is 287 g/mol. The third-order valence-corrected chi connectivity index (χ3v) is 4.04. The van der Waals surface area contributed by atoms with Crippen LogP contribution in [0.2, 0.25) is 10.2 Å². The van der Waals surface area contributed by atoms with Gasteiger partial charge >= 0.3 is 0 Å². The second kappa shape index (κ2) is 5.89. The highest BCUT2D eigenvalue weighted by Gasteiger charge is 2.23. The van der Waals surface area contributed by atoms with Crippen molar-refractivity contribution in [2.24, 2.45) is 0 Å². The molecular weight excluding hydrogens is 271 g/mol. The summed E-state index contributed by atoms with van der Waals surface area (Å²) in [7, 11) is 0. The third kappa shape index (κ3) is 2.96. The van der Waals surface area contributed by atoms with Crippen LogP contribution < -0.4 is 0 Å². The van der Waals surface area contributed by atoms with E-state index in [4.69, 9.17) is 23.2 Å². The maximum absolute atomic E-state index is 12.4. The molecule has 2 rings (SSSR count). The van der Waals surface area contributed by atoms with Crippen LogP contribution in [0.4, 0.5) is 0 Å². The fraction of sp³-hybridized carbons (Fsp3) is 0.538. The molecule has 0 aliphatic carbocycles. The summed E-state index contributed by atoms with van der Waals surface area (Å²) in [6.07, 6.45) is 5.98. The minimum absolute atomic E-state index is 0.00420. The molecule has 18 heavy (non-hydrogen) atoms. The van der Waals surface area contributed by atoms with Crippen LogP contribution in [-0.2, 0) is 0 Å². The number of hydrogen-bond donors (Lipinski definition) is 0. The smallest absolute Gasteiger partial charge is 0.255 e. The molecule has 1 fully saturated rings. The van der Waals surface area contributed by atoms with Gasteiger partial charge in [0.1, 0.15) is 5.15 Å². The monoisotopic (exact) mass is 286 g/mol. The predicted octanol–water partition coefficient (Wildman–Crippen LogP) is 3.79. The molecule has 1 aliphatic rings. The van der Waals surface area contributed by atoms with Gasteiger partial charge in [0, 0.05) is 18.8 Å². The van der Waals surface area contributed by atoms with Gasteiger partial charge in [-0.3, -0.25) is 4.79 Å². The molecule has 1 aliphatic heterocycles. The Morgan fingerprint density at radius 1 is 1.39 bits per heavy atom. The van der Waals surface area contributed by atoms with Crippen LogP contribution in [0.1, 0.15) is 43.0 Å². The van der Waals surface area contributed by atoms with Crippen LogP contribution in [0.25, 0.3) is 0 Å². The molecule has 1 amide bonds. The van der Waals surface area contributed by atoms with E-state index in [9.17, 15) is 4.79 Å². The first-order chi connectivity index (χ1) is 8.59. The van der Waals surface area contributed by atoms with Crippen molar-refractivity contribution in [1.82, 2.24) is 9.88 Å². The molecule has 5 heteroatoms. The van der Waals surface area contributed by atoms with E-state index in [0.29, 0.717) is 10.6 Å². The Bertz CT molecular complexity index is 451. The summed E-state index contributed by atoms with van der Waals surface area (Å²) in [5.41, 5.74) is 0.512. The van der Waals surface area contributed by atoms with Gasteiger partial charge in [0.05, 0.1) is 10.6 Å². The van der Waals surface area contributed by atoms with Crippen molar-refractivity contribution in [2.75, 3.05) is 6.54 Å². The Hall–Kier alpha value is -0.800. The molecular formula is C13H16Cl2N2O. The van der Waals surface area contributed by atoms with Gasteiger partial charge in [-0.1, -0.05) is 36.0 Å². The molecule has 98 valence electrons. The average Bonchev–Trinajstić information content (AvgIpc) is 2.56. The minimum atomic E-state index is -0.00420. The largest absolute Gasteiger partial charge is 0.336 e. The summed E-state index contributed by atoms with van der Waals surface area (Å²) in [4.78, 5) is 18.3. The van der Waals surface area contributed by atoms with Gasteiger partial charge in [0.25, 0.3) is 5.91 Å². The van der Waals surface area contributed by atoms with Gasteiger partial charge in [0.2, 0.25) is 0 Å². The summed E-state index contributed by atoms with van der Waals surface area (Å²) < 4.78 is 0. The zero-order valence-electron chi connectivity index (χ0n) is 10.3. The second-order valence-corrected chi connectivity index (χ2v) is 5.46. The van der Waals surface area contributed by atoms with Crippen molar-refractivity contribution in [2.45, 2.75) is 38.6 Å². The number of carbonyl (C=O) groups is 1. The SMILES string of the molecule is CC1CCCCCN1C(=O)c1cnc(Cl)c(Cl)c1. The summed E-state index contributed by atoms with van der Waals surface area (Å²) in [6.45, 7) is 2.90. The summed E-state index contributed by atoms with van der Waals surface area (Å²) in [5, 5.41) is 0.558. The molecule has 0 saturated carbocycles. The van der Waals surface area contributed by atoms with E-state index in [1.165, 1.54) is 19.0 Å². The molecule has 0 N–H and O–H groups in total. The highest BCUT2D eigenvalue weighted by Crippen LogP contribution is 2.23. The van der Waals surface area contributed by atoms with Crippen LogP contribution >= 0.6 is 23.2 Å². The van der Waals surface area contributed by atoms with Gasteiger partial charge in [-0.2, -0.15) is 0 Å². The molecule has 1 aromatic rings. The quantitative estimate of drug-likeness (QED) is 0.736. The van der Waals surface area contributed by atoms with Crippen molar-refractivity contribution in [3.05, 3.63) is 28.0 Å². The second-order valence-electron chi connectivity index (χ2n) is 4.69. The Balaban J connectivity index is 2.21. The zero-order chi connectivity index (χ0) is 13.1. The van der Waals surface area contributed by atoms with Gasteiger partial charge < -0.3 is 4.90 Å². The van der Waals surface area contributed by atoms with E-state index in [0.717, 1.165) is 19.4 Å². The molecule has 1 saturated heterocycles. The predicted molar refractivity (Wildman–Crippen MR) is 73.2 cm³/mol. The number of amides is 1. The zero-order valence-corrected chi connectivity index (χ0v) is 11.8. The topological polar surface area (TPSA) is 33.2 Å². The lowest BCUT2D eigenvalue weighted by Gasteiger charge is -2.27. The highest BCUT2D eigenvalue weighted by atomic mass is 35.5. The third-order valence-electron chi connectivity index (χ3n) is 3.36. The van der Waals surface area contributed by atoms with Crippen molar-refractivity contribution in [1.29, 1.82) is 0 Å². The van der Waals surface area contributed by atoms with E-state index in [2.05, 4.69) is 11.9 Å². The number of rotatable bonds is 1. The van der Waals surface area contributed by atoms with Crippen LogP contribution in [0.5, 0.6) is 0 Å². The first-order valence-corrected chi connectivity index (χ1v) is 6.97. The molecule has 3 nitrogen and oxygen atoms in total. The molecule has 1 unspecified atom stereocenters. The minimum Gasteiger partial charge on any atom is -0.336 e. The van der Waals surface area contributed by atoms with Crippen molar-refractivity contribution < 1.29 is 4.79 Å². The fourth-order valence-corrected chi connectivity index (χ4v) is 2.55. The maximum atomic E-state index is 12.4. The molecule has 0 radical (unpaired) electrons. The lowest BCUT2D eigenvalue weighted by atomic mass is 10.1. The summed E-state index contributed by atoms with van der Waals surface area (Å²) in [6, 6.07) is 1.87. The lowest BCUT2D eigenvalue weighted by molar-refractivity contribution is 0.0697. The number of likely N-dealkylation sites (tertiary alicyclic amines) is 1. The first kappa shape index (κ1) is 13.6. The van der Waals surface area contributed by atoms with E-state index in [-0.39, 0.29) is 17.1 Å². The summed E-state index contributed by atoms with van der Waals surface area (Å²) >= 11 is 11.7.